The van der Waals surface area contributed by atoms with E-state index in [2.05, 4.69) is 58.5 Å². The van der Waals surface area contributed by atoms with Crippen molar-refractivity contribution in [3.63, 3.8) is 0 Å². The van der Waals surface area contributed by atoms with Crippen molar-refractivity contribution < 1.29 is 49.1 Å². The molecule has 14 heteroatoms. The number of carbonyl (C=O) groups is 5. The van der Waals surface area contributed by atoms with Crippen molar-refractivity contribution in [2.45, 2.75) is 46.9 Å². The summed E-state index contributed by atoms with van der Waals surface area (Å²) in [5, 5.41) is 31.2. The molecule has 0 saturated carbocycles. The van der Waals surface area contributed by atoms with Gasteiger partial charge in [0.1, 0.15) is 0 Å². The van der Waals surface area contributed by atoms with E-state index in [4.69, 9.17) is 25.2 Å². The predicted octanol–water partition coefficient (Wildman–Crippen LogP) is 4.54. The number of hydrogen-bond donors (Lipinski definition) is 4. The Kier molecular flexibility index (Phi) is 17.4. The summed E-state index contributed by atoms with van der Waals surface area (Å²) in [6, 6.07) is 16.3. The molecule has 0 aliphatic carbocycles. The summed E-state index contributed by atoms with van der Waals surface area (Å²) in [4.78, 5) is 58.8. The van der Waals surface area contributed by atoms with Crippen LogP contribution in [0, 0.1) is 0 Å². The summed E-state index contributed by atoms with van der Waals surface area (Å²) >= 11 is 3.75. The molecule has 4 rings (SSSR count). The molecule has 2 aromatic carbocycles. The summed E-state index contributed by atoms with van der Waals surface area (Å²) in [5.41, 5.74) is 2.94. The molecule has 254 valence electrons. The average molecular weight is 689 g/mol. The number of aliphatic carboxylic acids is 4. The first kappa shape index (κ1) is 39.1. The van der Waals surface area contributed by atoms with Crippen LogP contribution in [0.3, 0.4) is 0 Å². The van der Waals surface area contributed by atoms with Gasteiger partial charge in [0, 0.05) is 84.2 Å². The van der Waals surface area contributed by atoms with Crippen LogP contribution >= 0.6 is 23.5 Å². The number of carboxylic acids is 4. The van der Waals surface area contributed by atoms with Crippen LogP contribution in [0.1, 0.15) is 36.9 Å². The van der Waals surface area contributed by atoms with Crippen LogP contribution in [-0.4, -0.2) is 106 Å². The number of carbonyl (C=O) groups excluding carboxylic acids is 1. The van der Waals surface area contributed by atoms with E-state index in [1.165, 1.54) is 25.8 Å². The van der Waals surface area contributed by atoms with Gasteiger partial charge in [0.25, 0.3) is 0 Å². The lowest BCUT2D eigenvalue weighted by Gasteiger charge is -2.39. The molecule has 1 saturated heterocycles. The van der Waals surface area contributed by atoms with Crippen LogP contribution in [0.15, 0.2) is 81.5 Å². The molecule has 0 aromatic heterocycles. The first-order valence-electron chi connectivity index (χ1n) is 14.8. The molecular weight excluding hydrogens is 649 g/mol. The standard InChI is InChI=1S/C25H32N2O2S2.2C4H4O4/c1-3-25(28)29-16-6-11-26-12-14-27(15-13-26)22-17-19-7-4-5-8-23(19)31-24-10-9-20(30-2)18-21(22)24;2*5-3(6)1-2-4(7)8/h4-5,7-10,18,22H,3,6,11-17H2,1-2H3;2*1-2H,(H,5,6)(H,7,8)/b;2*2-1+. The predicted molar refractivity (Wildman–Crippen MR) is 178 cm³/mol. The molecule has 2 aliphatic heterocycles. The maximum atomic E-state index is 11.3. The molecule has 0 amide bonds. The fourth-order valence-electron chi connectivity index (χ4n) is 4.70. The minimum absolute atomic E-state index is 0.0976. The molecule has 4 N–H and O–H groups in total. The highest BCUT2D eigenvalue weighted by molar-refractivity contribution is 7.99. The van der Waals surface area contributed by atoms with Gasteiger partial charge in [-0.15, -0.1) is 11.8 Å². The first-order valence-corrected chi connectivity index (χ1v) is 16.8. The summed E-state index contributed by atoms with van der Waals surface area (Å²) in [6.07, 6.45) is 6.84. The maximum Gasteiger partial charge on any atom is 0.328 e. The molecule has 0 bridgehead atoms. The van der Waals surface area contributed by atoms with E-state index in [-0.39, 0.29) is 5.97 Å². The molecule has 1 fully saturated rings. The van der Waals surface area contributed by atoms with E-state index < -0.39 is 23.9 Å². The highest BCUT2D eigenvalue weighted by Gasteiger charge is 2.30. The third-order valence-electron chi connectivity index (χ3n) is 6.94. The zero-order chi connectivity index (χ0) is 34.8. The Balaban J connectivity index is 0.000000397. The largest absolute Gasteiger partial charge is 0.478 e. The van der Waals surface area contributed by atoms with E-state index in [1.54, 1.807) is 0 Å². The molecular formula is C33H40N2O10S2. The lowest BCUT2D eigenvalue weighted by Crippen LogP contribution is -2.48. The Morgan fingerprint density at radius 1 is 0.851 bits per heavy atom. The third kappa shape index (κ3) is 14.9. The number of fused-ring (bicyclic) bond motifs is 2. The molecule has 2 aromatic rings. The number of rotatable bonds is 11. The second-order valence-electron chi connectivity index (χ2n) is 10.2. The summed E-state index contributed by atoms with van der Waals surface area (Å²) in [5.74, 6) is -5.13. The van der Waals surface area contributed by atoms with Crippen LogP contribution in [-0.2, 0) is 35.1 Å². The highest BCUT2D eigenvalue weighted by Crippen LogP contribution is 2.44. The lowest BCUT2D eigenvalue weighted by molar-refractivity contribution is -0.143. The zero-order valence-electron chi connectivity index (χ0n) is 26.2. The molecule has 2 heterocycles. The van der Waals surface area contributed by atoms with Crippen molar-refractivity contribution in [3.05, 3.63) is 77.9 Å². The van der Waals surface area contributed by atoms with Gasteiger partial charge in [-0.3, -0.25) is 9.69 Å². The van der Waals surface area contributed by atoms with Crippen LogP contribution < -0.4 is 0 Å². The van der Waals surface area contributed by atoms with E-state index >= 15 is 0 Å². The van der Waals surface area contributed by atoms with Gasteiger partial charge < -0.3 is 30.1 Å². The molecule has 12 nitrogen and oxygen atoms in total. The molecule has 47 heavy (non-hydrogen) atoms. The van der Waals surface area contributed by atoms with E-state index in [0.29, 0.717) is 43.4 Å². The van der Waals surface area contributed by atoms with Gasteiger partial charge in [0.2, 0.25) is 0 Å². The topological polar surface area (TPSA) is 182 Å². The van der Waals surface area contributed by atoms with E-state index in [0.717, 1.165) is 45.6 Å². The molecule has 0 spiro atoms. The van der Waals surface area contributed by atoms with Crippen molar-refractivity contribution in [2.24, 2.45) is 0 Å². The zero-order valence-corrected chi connectivity index (χ0v) is 27.9. The molecule has 1 unspecified atom stereocenters. The molecule has 0 radical (unpaired) electrons. The number of piperazine rings is 1. The van der Waals surface area contributed by atoms with Crippen molar-refractivity contribution >= 4 is 53.4 Å². The van der Waals surface area contributed by atoms with Crippen molar-refractivity contribution in [2.75, 3.05) is 45.6 Å². The Hall–Kier alpha value is -4.11. The van der Waals surface area contributed by atoms with E-state index in [1.807, 2.05) is 30.4 Å². The SMILES string of the molecule is CCC(=O)OCCCN1CCN(C2Cc3ccccc3Sc3ccc(SC)cc32)CC1.O=C(O)/C=C/C(=O)O.O=C(O)/C=C/C(=O)O. The number of hydrogen-bond acceptors (Lipinski definition) is 10. The Morgan fingerprint density at radius 3 is 1.96 bits per heavy atom. The van der Waals surface area contributed by atoms with Crippen LogP contribution in [0.4, 0.5) is 0 Å². The average Bonchev–Trinajstić information content (AvgIpc) is 3.22. The van der Waals surface area contributed by atoms with Crippen LogP contribution in [0.25, 0.3) is 0 Å². The molecule has 2 aliphatic rings. The fourth-order valence-corrected chi connectivity index (χ4v) is 6.27. The van der Waals surface area contributed by atoms with Gasteiger partial charge in [0.15, 0.2) is 0 Å². The second kappa shape index (κ2) is 20.9. The molecule has 1 atom stereocenters. The minimum atomic E-state index is -1.26. The lowest BCUT2D eigenvalue weighted by atomic mass is 9.96. The van der Waals surface area contributed by atoms with Gasteiger partial charge >= 0.3 is 29.8 Å². The van der Waals surface area contributed by atoms with Crippen molar-refractivity contribution in [3.8, 4) is 0 Å². The van der Waals surface area contributed by atoms with Crippen molar-refractivity contribution in [1.29, 1.82) is 0 Å². The van der Waals surface area contributed by atoms with Crippen LogP contribution in [0.2, 0.25) is 0 Å². The number of esters is 1. The maximum absolute atomic E-state index is 11.3. The summed E-state index contributed by atoms with van der Waals surface area (Å²) in [6.45, 7) is 7.68. The number of nitrogens with zero attached hydrogens (tertiary/aromatic N) is 2. The van der Waals surface area contributed by atoms with E-state index in [9.17, 15) is 24.0 Å². The van der Waals surface area contributed by atoms with Gasteiger partial charge in [-0.1, -0.05) is 36.9 Å². The Bertz CT molecular complexity index is 1370. The smallest absolute Gasteiger partial charge is 0.328 e. The summed E-state index contributed by atoms with van der Waals surface area (Å²) < 4.78 is 5.23. The Labute approximate surface area is 282 Å². The van der Waals surface area contributed by atoms with Gasteiger partial charge in [-0.2, -0.15) is 0 Å². The Morgan fingerprint density at radius 2 is 1.43 bits per heavy atom. The quantitative estimate of drug-likeness (QED) is 0.112. The van der Waals surface area contributed by atoms with Gasteiger partial charge in [-0.05, 0) is 54.5 Å². The normalized spacial score (nSPS) is 16.0. The number of benzene rings is 2. The number of ether oxygens (including phenoxy) is 1. The minimum Gasteiger partial charge on any atom is -0.478 e. The van der Waals surface area contributed by atoms with Gasteiger partial charge in [-0.25, -0.2) is 19.2 Å². The van der Waals surface area contributed by atoms with Crippen molar-refractivity contribution in [1.82, 2.24) is 9.80 Å². The third-order valence-corrected chi connectivity index (χ3v) is 8.87. The first-order chi connectivity index (χ1) is 22.4. The monoisotopic (exact) mass is 688 g/mol. The number of carboxylic acid groups (broad SMARTS) is 4. The highest BCUT2D eigenvalue weighted by atomic mass is 32.2. The second-order valence-corrected chi connectivity index (χ2v) is 12.1. The fraction of sp³-hybridized carbons (Fsp3) is 0.364. The number of thioether (sulfide) groups is 1. The van der Waals surface area contributed by atoms with Gasteiger partial charge in [0.05, 0.1) is 6.61 Å². The van der Waals surface area contributed by atoms with Crippen LogP contribution in [0.5, 0.6) is 0 Å². The summed E-state index contributed by atoms with van der Waals surface area (Å²) in [7, 11) is 0.